The summed E-state index contributed by atoms with van der Waals surface area (Å²) in [6, 6.07) is 13.4. The van der Waals surface area contributed by atoms with Crippen LogP contribution >= 0.6 is 0 Å². The maximum atomic E-state index is 8.65. The first-order valence-electron chi connectivity index (χ1n) is 3.89. The fourth-order valence-corrected chi connectivity index (χ4v) is 0.958. The molecule has 0 fully saturated rings. The summed E-state index contributed by atoms with van der Waals surface area (Å²) in [7, 11) is 0. The topological polar surface area (TPSA) is 47.6 Å². The van der Waals surface area contributed by atoms with Crippen LogP contribution in [0.1, 0.15) is 12.0 Å². The molecule has 1 rings (SSSR count). The monoisotopic (exact) mass is 168 g/mol. The predicted molar refractivity (Wildman–Crippen MR) is 50.3 cm³/mol. The van der Waals surface area contributed by atoms with Crippen molar-refractivity contribution < 1.29 is 0 Å². The van der Waals surface area contributed by atoms with Crippen LogP contribution in [0.25, 0.3) is 6.08 Å². The van der Waals surface area contributed by atoms with Gasteiger partial charge in [0.2, 0.25) is 0 Å². The van der Waals surface area contributed by atoms with Gasteiger partial charge in [-0.15, -0.1) is 0 Å². The number of benzene rings is 1. The van der Waals surface area contributed by atoms with E-state index in [9.17, 15) is 0 Å². The summed E-state index contributed by atoms with van der Waals surface area (Å²) in [5, 5.41) is 17.1. The van der Waals surface area contributed by atoms with E-state index >= 15 is 0 Å². The van der Waals surface area contributed by atoms with Gasteiger partial charge in [-0.05, 0) is 11.6 Å². The second kappa shape index (κ2) is 4.74. The van der Waals surface area contributed by atoms with Crippen molar-refractivity contribution in [2.45, 2.75) is 6.42 Å². The van der Waals surface area contributed by atoms with Gasteiger partial charge in [-0.3, -0.25) is 0 Å². The van der Waals surface area contributed by atoms with Crippen LogP contribution in [0.3, 0.4) is 0 Å². The minimum absolute atomic E-state index is 0.172. The second-order valence-electron chi connectivity index (χ2n) is 2.53. The van der Waals surface area contributed by atoms with Crippen molar-refractivity contribution in [1.82, 2.24) is 0 Å². The molecule has 2 heteroatoms. The van der Waals surface area contributed by atoms with Crippen molar-refractivity contribution in [1.29, 1.82) is 10.5 Å². The second-order valence-corrected chi connectivity index (χ2v) is 2.53. The molecule has 0 saturated heterocycles. The zero-order valence-corrected chi connectivity index (χ0v) is 7.07. The van der Waals surface area contributed by atoms with Gasteiger partial charge in [0.15, 0.2) is 0 Å². The van der Waals surface area contributed by atoms with Gasteiger partial charge in [-0.1, -0.05) is 30.3 Å². The zero-order valence-electron chi connectivity index (χ0n) is 7.07. The Morgan fingerprint density at radius 2 is 1.92 bits per heavy atom. The molecule has 2 nitrogen and oxygen atoms in total. The van der Waals surface area contributed by atoms with Crippen molar-refractivity contribution in [3.8, 4) is 12.1 Å². The van der Waals surface area contributed by atoms with Crippen LogP contribution < -0.4 is 0 Å². The summed E-state index contributed by atoms with van der Waals surface area (Å²) in [4.78, 5) is 0. The van der Waals surface area contributed by atoms with Gasteiger partial charge in [0.1, 0.15) is 0 Å². The quantitative estimate of drug-likeness (QED) is 0.637. The lowest BCUT2D eigenvalue weighted by Crippen LogP contribution is -1.77. The number of rotatable bonds is 2. The molecule has 0 radical (unpaired) electrons. The van der Waals surface area contributed by atoms with Gasteiger partial charge in [-0.2, -0.15) is 10.5 Å². The molecular formula is C11H8N2. The largest absolute Gasteiger partial charge is 0.198 e. The molecule has 0 amide bonds. The average molecular weight is 168 g/mol. The minimum atomic E-state index is 0.172. The molecule has 0 aromatic heterocycles. The van der Waals surface area contributed by atoms with Gasteiger partial charge in [0.05, 0.1) is 18.6 Å². The highest BCUT2D eigenvalue weighted by molar-refractivity contribution is 5.57. The van der Waals surface area contributed by atoms with Gasteiger partial charge < -0.3 is 0 Å². The number of nitrogens with zero attached hydrogens (tertiary/aromatic N) is 2. The molecule has 0 aliphatic heterocycles. The van der Waals surface area contributed by atoms with Crippen LogP contribution in [0.4, 0.5) is 0 Å². The first-order valence-corrected chi connectivity index (χ1v) is 3.89. The summed E-state index contributed by atoms with van der Waals surface area (Å²) in [5.41, 5.74) is 1.45. The first kappa shape index (κ1) is 9.03. The lowest BCUT2D eigenvalue weighted by Gasteiger charge is -1.92. The lowest BCUT2D eigenvalue weighted by molar-refractivity contribution is 1.28. The van der Waals surface area contributed by atoms with E-state index in [1.165, 1.54) is 0 Å². The van der Waals surface area contributed by atoms with E-state index in [1.807, 2.05) is 42.5 Å². The molecular weight excluding hydrogens is 160 g/mol. The summed E-state index contributed by atoms with van der Waals surface area (Å²) in [6.07, 6.45) is 1.90. The highest BCUT2D eigenvalue weighted by atomic mass is 14.3. The SMILES string of the molecule is N#CC/C(C#N)=C/c1ccccc1. The van der Waals surface area contributed by atoms with Crippen LogP contribution in [-0.2, 0) is 0 Å². The minimum Gasteiger partial charge on any atom is -0.198 e. The molecule has 0 heterocycles. The summed E-state index contributed by atoms with van der Waals surface area (Å²) < 4.78 is 0. The van der Waals surface area contributed by atoms with Crippen LogP contribution in [0.15, 0.2) is 35.9 Å². The van der Waals surface area contributed by atoms with Gasteiger partial charge in [0.25, 0.3) is 0 Å². The lowest BCUT2D eigenvalue weighted by atomic mass is 10.1. The van der Waals surface area contributed by atoms with Crippen molar-refractivity contribution >= 4 is 6.08 Å². The fourth-order valence-electron chi connectivity index (χ4n) is 0.958. The van der Waals surface area contributed by atoms with Crippen molar-refractivity contribution in [2.75, 3.05) is 0 Å². The Labute approximate surface area is 77.4 Å². The first-order chi connectivity index (χ1) is 6.36. The fraction of sp³-hybridized carbons (Fsp3) is 0.0909. The van der Waals surface area contributed by atoms with E-state index in [0.29, 0.717) is 5.57 Å². The van der Waals surface area contributed by atoms with E-state index in [0.717, 1.165) is 5.56 Å². The van der Waals surface area contributed by atoms with Crippen LogP contribution in [0, 0.1) is 22.7 Å². The molecule has 0 spiro atoms. The van der Waals surface area contributed by atoms with Crippen molar-refractivity contribution in [3.05, 3.63) is 41.5 Å². The third-order valence-corrected chi connectivity index (χ3v) is 1.55. The normalized spacial score (nSPS) is 10.2. The molecule has 0 bridgehead atoms. The highest BCUT2D eigenvalue weighted by Crippen LogP contribution is 2.07. The maximum Gasteiger partial charge on any atom is 0.0958 e. The van der Waals surface area contributed by atoms with E-state index in [1.54, 1.807) is 6.08 Å². The zero-order chi connectivity index (χ0) is 9.52. The van der Waals surface area contributed by atoms with E-state index in [4.69, 9.17) is 10.5 Å². The van der Waals surface area contributed by atoms with Crippen molar-refractivity contribution in [2.24, 2.45) is 0 Å². The molecule has 0 unspecified atom stereocenters. The Morgan fingerprint density at radius 1 is 1.23 bits per heavy atom. The molecule has 1 aromatic rings. The standard InChI is InChI=1S/C11H8N2/c12-7-6-11(9-13)8-10-4-2-1-3-5-10/h1-5,8H,6H2/b11-8-. The Bertz CT molecular complexity index is 377. The van der Waals surface area contributed by atoms with E-state index in [-0.39, 0.29) is 6.42 Å². The molecule has 1 aromatic carbocycles. The Balaban J connectivity index is 2.88. The number of nitriles is 2. The van der Waals surface area contributed by atoms with Gasteiger partial charge in [-0.25, -0.2) is 0 Å². The number of hydrogen-bond acceptors (Lipinski definition) is 2. The predicted octanol–water partition coefficient (Wildman–Crippen LogP) is 2.51. The van der Waals surface area contributed by atoms with Gasteiger partial charge in [0, 0.05) is 5.57 Å². The summed E-state index contributed by atoms with van der Waals surface area (Å²) in [5.74, 6) is 0. The third-order valence-electron chi connectivity index (χ3n) is 1.55. The summed E-state index contributed by atoms with van der Waals surface area (Å²) >= 11 is 0. The highest BCUT2D eigenvalue weighted by Gasteiger charge is 1.93. The molecule has 0 N–H and O–H groups in total. The van der Waals surface area contributed by atoms with Crippen molar-refractivity contribution in [3.63, 3.8) is 0 Å². The van der Waals surface area contributed by atoms with Crippen LogP contribution in [-0.4, -0.2) is 0 Å². The molecule has 0 saturated carbocycles. The van der Waals surface area contributed by atoms with E-state index in [2.05, 4.69) is 0 Å². The number of allylic oxidation sites excluding steroid dienone is 1. The smallest absolute Gasteiger partial charge is 0.0958 e. The Morgan fingerprint density at radius 3 is 2.46 bits per heavy atom. The average Bonchev–Trinajstić information content (AvgIpc) is 2.19. The molecule has 0 aliphatic rings. The maximum absolute atomic E-state index is 8.65. The molecule has 0 atom stereocenters. The Kier molecular flexibility index (Phi) is 3.30. The molecule has 13 heavy (non-hydrogen) atoms. The van der Waals surface area contributed by atoms with Crippen LogP contribution in [0.5, 0.6) is 0 Å². The van der Waals surface area contributed by atoms with E-state index < -0.39 is 0 Å². The van der Waals surface area contributed by atoms with Crippen LogP contribution in [0.2, 0.25) is 0 Å². The molecule has 0 aliphatic carbocycles. The number of hydrogen-bond donors (Lipinski definition) is 0. The summed E-state index contributed by atoms with van der Waals surface area (Å²) in [6.45, 7) is 0. The molecule has 62 valence electrons. The van der Waals surface area contributed by atoms with Gasteiger partial charge >= 0.3 is 0 Å². The Hall–Kier alpha value is -2.06. The third kappa shape index (κ3) is 2.81.